The molecule has 0 saturated carbocycles. The van der Waals surface area contributed by atoms with Crippen LogP contribution >= 0.6 is 0 Å². The highest BCUT2D eigenvalue weighted by Gasteiger charge is 2.13. The standard InChI is InChI=1S/C60H113O3/c1-4-7-10-13-16-19-22-25-28-31-34-37-40-43-46-49-55-61-58-53-52-54-59(62-56-50-47-44-41-38-35-32-29-26-23-20-17-14-11-8-5-2)60(58)63-57-51-48-45-42-39-36-33-30-27-24-21-18-15-12-9-6-3/h53-54H,4-51,55-57H2,1-3H3. The van der Waals surface area contributed by atoms with Gasteiger partial charge in [-0.3, -0.25) is 0 Å². The molecule has 3 nitrogen and oxygen atoms in total. The van der Waals surface area contributed by atoms with Gasteiger partial charge in [-0.1, -0.05) is 310 Å². The second-order valence-corrected chi connectivity index (χ2v) is 20.0. The smallest absolute Gasteiger partial charge is 0.203 e. The molecule has 0 bridgehead atoms. The summed E-state index contributed by atoms with van der Waals surface area (Å²) >= 11 is 0. The molecule has 0 spiro atoms. The summed E-state index contributed by atoms with van der Waals surface area (Å²) < 4.78 is 19.2. The van der Waals surface area contributed by atoms with Crippen LogP contribution in [0.1, 0.15) is 329 Å². The third kappa shape index (κ3) is 43.0. The average Bonchev–Trinajstić information content (AvgIpc) is 3.30. The second kappa shape index (κ2) is 51.6. The summed E-state index contributed by atoms with van der Waals surface area (Å²) in [5.41, 5.74) is 0. The molecule has 1 aromatic carbocycles. The summed E-state index contributed by atoms with van der Waals surface area (Å²) in [7, 11) is 0. The Balaban J connectivity index is 2.29. The molecule has 0 amide bonds. The monoisotopic (exact) mass is 882 g/mol. The molecule has 3 heteroatoms. The minimum absolute atomic E-state index is 0.729. The van der Waals surface area contributed by atoms with Gasteiger partial charge in [-0.25, -0.2) is 0 Å². The predicted octanol–water partition coefficient (Wildman–Crippen LogP) is 21.4. The van der Waals surface area contributed by atoms with E-state index in [4.69, 9.17) is 14.2 Å². The van der Waals surface area contributed by atoms with Crippen molar-refractivity contribution in [2.75, 3.05) is 19.8 Å². The molecular formula is C60H113O3. The van der Waals surface area contributed by atoms with Crippen molar-refractivity contribution in [3.05, 3.63) is 18.2 Å². The molecule has 0 aromatic heterocycles. The summed E-state index contributed by atoms with van der Waals surface area (Å²) in [6.07, 6.45) is 66.4. The van der Waals surface area contributed by atoms with Gasteiger partial charge in [0.2, 0.25) is 5.75 Å². The third-order valence-electron chi connectivity index (χ3n) is 13.6. The van der Waals surface area contributed by atoms with Gasteiger partial charge in [-0.05, 0) is 37.5 Å². The normalized spacial score (nSPS) is 11.5. The van der Waals surface area contributed by atoms with Gasteiger partial charge < -0.3 is 14.2 Å². The lowest BCUT2D eigenvalue weighted by molar-refractivity contribution is 0.234. The Morgan fingerprint density at radius 3 is 0.619 bits per heavy atom. The molecule has 63 heavy (non-hydrogen) atoms. The molecule has 0 fully saturated rings. The summed E-state index contributed by atoms with van der Waals surface area (Å²) in [6.45, 7) is 9.13. The highest BCUT2D eigenvalue weighted by atomic mass is 16.5. The van der Waals surface area contributed by atoms with Gasteiger partial charge in [0.1, 0.15) is 0 Å². The van der Waals surface area contributed by atoms with Gasteiger partial charge in [0.05, 0.1) is 19.8 Å². The number of benzene rings is 1. The van der Waals surface area contributed by atoms with E-state index < -0.39 is 0 Å². The Morgan fingerprint density at radius 1 is 0.238 bits per heavy atom. The molecule has 0 aliphatic rings. The van der Waals surface area contributed by atoms with E-state index in [0.29, 0.717) is 0 Å². The first-order valence-corrected chi connectivity index (χ1v) is 29.3. The SMILES string of the molecule is CCCCCCCCCCCCCCCCCCOc1c[c]cc(OCCCCCCCCCCCCCCCCCC)c1OCCCCCCCCCCCCCCCCCC. The van der Waals surface area contributed by atoms with Crippen LogP contribution in [-0.2, 0) is 0 Å². The Morgan fingerprint density at radius 2 is 0.413 bits per heavy atom. The summed E-state index contributed by atoms with van der Waals surface area (Å²) in [6, 6.07) is 7.25. The first-order valence-electron chi connectivity index (χ1n) is 29.3. The average molecular weight is 883 g/mol. The highest BCUT2D eigenvalue weighted by Crippen LogP contribution is 2.38. The predicted molar refractivity (Wildman–Crippen MR) is 280 cm³/mol. The zero-order valence-corrected chi connectivity index (χ0v) is 43.4. The van der Waals surface area contributed by atoms with Crippen LogP contribution in [0.5, 0.6) is 17.2 Å². The molecular weight excluding hydrogens is 769 g/mol. The molecule has 371 valence electrons. The number of unbranched alkanes of at least 4 members (excludes halogenated alkanes) is 45. The molecule has 1 aromatic rings. The van der Waals surface area contributed by atoms with E-state index in [1.54, 1.807) is 0 Å². The van der Waals surface area contributed by atoms with Crippen molar-refractivity contribution in [2.24, 2.45) is 0 Å². The van der Waals surface area contributed by atoms with Crippen LogP contribution in [0.4, 0.5) is 0 Å². The maximum atomic E-state index is 6.48. The Bertz CT molecular complexity index is 935. The summed E-state index contributed by atoms with van der Waals surface area (Å²) in [4.78, 5) is 0. The zero-order valence-electron chi connectivity index (χ0n) is 43.4. The van der Waals surface area contributed by atoms with Crippen molar-refractivity contribution >= 4 is 0 Å². The van der Waals surface area contributed by atoms with Gasteiger partial charge in [0.15, 0.2) is 11.5 Å². The number of rotatable bonds is 54. The summed E-state index contributed by atoms with van der Waals surface area (Å²) in [5.74, 6) is 2.44. The highest BCUT2D eigenvalue weighted by molar-refractivity contribution is 5.50. The minimum Gasteiger partial charge on any atom is -0.490 e. The maximum Gasteiger partial charge on any atom is 0.203 e. The van der Waals surface area contributed by atoms with Gasteiger partial charge in [-0.15, -0.1) is 0 Å². The molecule has 0 atom stereocenters. The topological polar surface area (TPSA) is 27.7 Å². The van der Waals surface area contributed by atoms with Crippen molar-refractivity contribution in [3.8, 4) is 17.2 Å². The maximum absolute atomic E-state index is 6.48. The van der Waals surface area contributed by atoms with E-state index in [-0.39, 0.29) is 0 Å². The molecule has 1 radical (unpaired) electrons. The van der Waals surface area contributed by atoms with E-state index in [2.05, 4.69) is 26.8 Å². The minimum atomic E-state index is 0.729. The lowest BCUT2D eigenvalue weighted by atomic mass is 10.0. The molecule has 0 saturated heterocycles. The molecule has 0 aliphatic carbocycles. The Kier molecular flexibility index (Phi) is 48.8. The first kappa shape index (κ1) is 59.6. The second-order valence-electron chi connectivity index (χ2n) is 20.0. The van der Waals surface area contributed by atoms with E-state index in [0.717, 1.165) is 56.3 Å². The van der Waals surface area contributed by atoms with Crippen LogP contribution in [0, 0.1) is 6.07 Å². The van der Waals surface area contributed by atoms with Crippen molar-refractivity contribution in [3.63, 3.8) is 0 Å². The van der Waals surface area contributed by atoms with Crippen molar-refractivity contribution in [2.45, 2.75) is 329 Å². The molecule has 0 unspecified atom stereocenters. The van der Waals surface area contributed by atoms with Crippen molar-refractivity contribution in [1.82, 2.24) is 0 Å². The fourth-order valence-corrected chi connectivity index (χ4v) is 9.29. The Hall–Kier alpha value is -1.38. The van der Waals surface area contributed by atoms with Crippen molar-refractivity contribution < 1.29 is 14.2 Å². The first-order chi connectivity index (χ1) is 31.3. The third-order valence-corrected chi connectivity index (χ3v) is 13.6. The lowest BCUT2D eigenvalue weighted by Crippen LogP contribution is -2.06. The van der Waals surface area contributed by atoms with Gasteiger partial charge in [-0.2, -0.15) is 0 Å². The largest absolute Gasteiger partial charge is 0.490 e. The molecule has 0 aliphatic heterocycles. The molecule has 0 N–H and O–H groups in total. The fourth-order valence-electron chi connectivity index (χ4n) is 9.29. The van der Waals surface area contributed by atoms with Crippen LogP contribution in [0.2, 0.25) is 0 Å². The lowest BCUT2D eigenvalue weighted by Gasteiger charge is -2.17. The van der Waals surface area contributed by atoms with Gasteiger partial charge in [0, 0.05) is 0 Å². The van der Waals surface area contributed by atoms with Crippen LogP contribution in [0.25, 0.3) is 0 Å². The fraction of sp³-hybridized carbons (Fsp3) is 0.900. The van der Waals surface area contributed by atoms with Gasteiger partial charge in [0.25, 0.3) is 0 Å². The zero-order chi connectivity index (χ0) is 45.0. The summed E-state index contributed by atoms with van der Waals surface area (Å²) in [5, 5.41) is 0. The van der Waals surface area contributed by atoms with E-state index in [9.17, 15) is 0 Å². The van der Waals surface area contributed by atoms with Crippen LogP contribution in [-0.4, -0.2) is 19.8 Å². The quantitative estimate of drug-likeness (QED) is 0.0610. The van der Waals surface area contributed by atoms with Crippen molar-refractivity contribution in [1.29, 1.82) is 0 Å². The van der Waals surface area contributed by atoms with Crippen LogP contribution < -0.4 is 14.2 Å². The Labute approximate surface area is 396 Å². The van der Waals surface area contributed by atoms with Crippen LogP contribution in [0.15, 0.2) is 12.1 Å². The number of hydrogen-bond donors (Lipinski definition) is 0. The molecule has 0 heterocycles. The van der Waals surface area contributed by atoms with Crippen LogP contribution in [0.3, 0.4) is 0 Å². The molecule has 1 rings (SSSR count). The van der Waals surface area contributed by atoms with Gasteiger partial charge >= 0.3 is 0 Å². The van der Waals surface area contributed by atoms with E-state index >= 15 is 0 Å². The number of hydrogen-bond acceptors (Lipinski definition) is 3. The van der Waals surface area contributed by atoms with E-state index in [1.807, 2.05) is 12.1 Å². The number of ether oxygens (including phenoxy) is 3. The van der Waals surface area contributed by atoms with E-state index in [1.165, 1.54) is 289 Å².